The van der Waals surface area contributed by atoms with E-state index in [1.807, 2.05) is 25.2 Å². The van der Waals surface area contributed by atoms with E-state index in [1.54, 1.807) is 0 Å². The average Bonchev–Trinajstić information content (AvgIpc) is 2.81. The van der Waals surface area contributed by atoms with Gasteiger partial charge in [0.05, 0.1) is 6.61 Å². The molecule has 90 valence electrons. The van der Waals surface area contributed by atoms with Crippen molar-refractivity contribution in [3.63, 3.8) is 0 Å². The highest BCUT2D eigenvalue weighted by atomic mass is 16.3. The number of aromatic nitrogens is 1. The number of aliphatic hydroxyl groups is 1. The lowest BCUT2D eigenvalue weighted by atomic mass is 9.97. The molecule has 0 aliphatic rings. The van der Waals surface area contributed by atoms with Crippen molar-refractivity contribution in [3.05, 3.63) is 60.3 Å². The zero-order valence-corrected chi connectivity index (χ0v) is 10.3. The van der Waals surface area contributed by atoms with Crippen molar-refractivity contribution in [2.75, 3.05) is 0 Å². The fraction of sp³-hybridized carbons (Fsp3) is 0.125. The maximum Gasteiger partial charge on any atom is 0.0687 e. The maximum absolute atomic E-state index is 9.45. The Morgan fingerprint density at radius 3 is 2.56 bits per heavy atom. The van der Waals surface area contributed by atoms with Gasteiger partial charge in [-0.2, -0.15) is 0 Å². The zero-order chi connectivity index (χ0) is 12.5. The van der Waals surface area contributed by atoms with E-state index < -0.39 is 0 Å². The lowest BCUT2D eigenvalue weighted by Crippen LogP contribution is -1.90. The molecule has 0 fully saturated rings. The minimum atomic E-state index is 0.0688. The van der Waals surface area contributed by atoms with Gasteiger partial charge in [-0.3, -0.25) is 0 Å². The fourth-order valence-electron chi connectivity index (χ4n) is 2.46. The summed E-state index contributed by atoms with van der Waals surface area (Å²) >= 11 is 0. The van der Waals surface area contributed by atoms with Crippen LogP contribution in [0.1, 0.15) is 5.56 Å². The topological polar surface area (TPSA) is 25.2 Å². The van der Waals surface area contributed by atoms with Crippen LogP contribution in [0.2, 0.25) is 0 Å². The summed E-state index contributed by atoms with van der Waals surface area (Å²) in [5, 5.41) is 10.7. The van der Waals surface area contributed by atoms with E-state index in [4.69, 9.17) is 0 Å². The molecule has 1 heterocycles. The zero-order valence-electron chi connectivity index (χ0n) is 10.3. The summed E-state index contributed by atoms with van der Waals surface area (Å²) in [6.07, 6.45) is 2.07. The average molecular weight is 237 g/mol. The standard InChI is InChI=1S/C16H15NO/c1-17-10-9-15-14(7-4-8-16(15)17)13-6-3-2-5-12(13)11-18/h2-10,18H,11H2,1H3. The first-order valence-corrected chi connectivity index (χ1v) is 6.04. The van der Waals surface area contributed by atoms with E-state index in [2.05, 4.69) is 41.1 Å². The first-order valence-electron chi connectivity index (χ1n) is 6.04. The van der Waals surface area contributed by atoms with E-state index in [-0.39, 0.29) is 6.61 Å². The van der Waals surface area contributed by atoms with Gasteiger partial charge in [0, 0.05) is 24.1 Å². The van der Waals surface area contributed by atoms with Crippen LogP contribution in [-0.4, -0.2) is 9.67 Å². The molecular weight excluding hydrogens is 222 g/mol. The van der Waals surface area contributed by atoms with Gasteiger partial charge in [0.2, 0.25) is 0 Å². The molecular formula is C16H15NO. The quantitative estimate of drug-likeness (QED) is 0.726. The lowest BCUT2D eigenvalue weighted by molar-refractivity contribution is 0.282. The van der Waals surface area contributed by atoms with Crippen LogP contribution in [0.25, 0.3) is 22.0 Å². The Morgan fingerprint density at radius 2 is 1.72 bits per heavy atom. The molecule has 2 heteroatoms. The number of benzene rings is 2. The highest BCUT2D eigenvalue weighted by Crippen LogP contribution is 2.31. The van der Waals surface area contributed by atoms with E-state index in [9.17, 15) is 5.11 Å². The second-order valence-electron chi connectivity index (χ2n) is 4.48. The molecule has 0 aliphatic carbocycles. The Bertz CT molecular complexity index is 697. The molecule has 2 nitrogen and oxygen atoms in total. The summed E-state index contributed by atoms with van der Waals surface area (Å²) in [5.41, 5.74) is 4.46. The van der Waals surface area contributed by atoms with E-state index in [1.165, 1.54) is 16.5 Å². The van der Waals surface area contributed by atoms with Crippen molar-refractivity contribution < 1.29 is 5.11 Å². The van der Waals surface area contributed by atoms with Crippen molar-refractivity contribution in [2.24, 2.45) is 7.05 Å². The Kier molecular flexibility index (Phi) is 2.65. The molecule has 2 aromatic carbocycles. The second kappa shape index (κ2) is 4.31. The molecule has 1 N–H and O–H groups in total. The molecule has 0 saturated carbocycles. The van der Waals surface area contributed by atoms with Crippen LogP contribution in [-0.2, 0) is 13.7 Å². The maximum atomic E-state index is 9.45. The number of aryl methyl sites for hydroxylation is 1. The molecule has 3 rings (SSSR count). The van der Waals surface area contributed by atoms with Crippen LogP contribution >= 0.6 is 0 Å². The monoisotopic (exact) mass is 237 g/mol. The number of rotatable bonds is 2. The Balaban J connectivity index is 2.31. The molecule has 0 spiro atoms. The molecule has 0 atom stereocenters. The number of aliphatic hydroxyl groups excluding tert-OH is 1. The van der Waals surface area contributed by atoms with Crippen molar-refractivity contribution in [3.8, 4) is 11.1 Å². The van der Waals surface area contributed by atoms with Crippen LogP contribution in [0.15, 0.2) is 54.7 Å². The van der Waals surface area contributed by atoms with Crippen molar-refractivity contribution >= 4 is 10.9 Å². The van der Waals surface area contributed by atoms with Crippen LogP contribution in [0.5, 0.6) is 0 Å². The molecule has 3 aromatic rings. The third-order valence-electron chi connectivity index (χ3n) is 3.41. The normalized spacial score (nSPS) is 11.0. The molecule has 0 radical (unpaired) electrons. The SMILES string of the molecule is Cn1ccc2c(-c3ccccc3CO)cccc21. The minimum absolute atomic E-state index is 0.0688. The Labute approximate surface area is 106 Å². The Morgan fingerprint density at radius 1 is 0.944 bits per heavy atom. The highest BCUT2D eigenvalue weighted by Gasteiger charge is 2.08. The van der Waals surface area contributed by atoms with Gasteiger partial charge >= 0.3 is 0 Å². The van der Waals surface area contributed by atoms with Crippen molar-refractivity contribution in [1.29, 1.82) is 0 Å². The number of hydrogen-bond donors (Lipinski definition) is 1. The van der Waals surface area contributed by atoms with Crippen molar-refractivity contribution in [2.45, 2.75) is 6.61 Å². The summed E-state index contributed by atoms with van der Waals surface area (Å²) in [7, 11) is 2.05. The van der Waals surface area contributed by atoms with Gasteiger partial charge in [-0.15, -0.1) is 0 Å². The van der Waals surface area contributed by atoms with Crippen LogP contribution in [0.3, 0.4) is 0 Å². The molecule has 1 aromatic heterocycles. The fourth-order valence-corrected chi connectivity index (χ4v) is 2.46. The smallest absolute Gasteiger partial charge is 0.0687 e. The van der Waals surface area contributed by atoms with E-state index >= 15 is 0 Å². The predicted molar refractivity (Wildman–Crippen MR) is 74.3 cm³/mol. The summed E-state index contributed by atoms with van der Waals surface area (Å²) < 4.78 is 2.11. The van der Waals surface area contributed by atoms with Gasteiger partial charge in [-0.1, -0.05) is 36.4 Å². The summed E-state index contributed by atoms with van der Waals surface area (Å²) in [4.78, 5) is 0. The van der Waals surface area contributed by atoms with Gasteiger partial charge in [0.25, 0.3) is 0 Å². The number of nitrogens with zero attached hydrogens (tertiary/aromatic N) is 1. The Hall–Kier alpha value is -2.06. The summed E-state index contributed by atoms with van der Waals surface area (Å²) in [5.74, 6) is 0. The molecule has 0 saturated heterocycles. The summed E-state index contributed by atoms with van der Waals surface area (Å²) in [6, 6.07) is 16.4. The number of hydrogen-bond acceptors (Lipinski definition) is 1. The predicted octanol–water partition coefficient (Wildman–Crippen LogP) is 3.34. The van der Waals surface area contributed by atoms with Crippen LogP contribution < -0.4 is 0 Å². The third-order valence-corrected chi connectivity index (χ3v) is 3.41. The van der Waals surface area contributed by atoms with Gasteiger partial charge < -0.3 is 9.67 Å². The molecule has 0 unspecified atom stereocenters. The molecule has 0 amide bonds. The lowest BCUT2D eigenvalue weighted by Gasteiger charge is -2.09. The largest absolute Gasteiger partial charge is 0.392 e. The third kappa shape index (κ3) is 1.62. The molecule has 0 aliphatic heterocycles. The van der Waals surface area contributed by atoms with Crippen LogP contribution in [0, 0.1) is 0 Å². The first kappa shape index (κ1) is 11.1. The van der Waals surface area contributed by atoms with Crippen LogP contribution in [0.4, 0.5) is 0 Å². The van der Waals surface area contributed by atoms with Gasteiger partial charge in [-0.25, -0.2) is 0 Å². The van der Waals surface area contributed by atoms with E-state index in [0.717, 1.165) is 11.1 Å². The highest BCUT2D eigenvalue weighted by molar-refractivity contribution is 5.96. The van der Waals surface area contributed by atoms with E-state index in [0.29, 0.717) is 0 Å². The van der Waals surface area contributed by atoms with Gasteiger partial charge in [0.15, 0.2) is 0 Å². The molecule has 18 heavy (non-hydrogen) atoms. The molecule has 0 bridgehead atoms. The number of fused-ring (bicyclic) bond motifs is 1. The van der Waals surface area contributed by atoms with Gasteiger partial charge in [0.1, 0.15) is 0 Å². The van der Waals surface area contributed by atoms with Gasteiger partial charge in [-0.05, 0) is 28.8 Å². The summed E-state index contributed by atoms with van der Waals surface area (Å²) in [6.45, 7) is 0.0688. The second-order valence-corrected chi connectivity index (χ2v) is 4.48. The minimum Gasteiger partial charge on any atom is -0.392 e. The van der Waals surface area contributed by atoms with Crippen molar-refractivity contribution in [1.82, 2.24) is 4.57 Å². The first-order chi connectivity index (χ1) is 8.81.